The summed E-state index contributed by atoms with van der Waals surface area (Å²) in [5, 5.41) is 4.55. The maximum absolute atomic E-state index is 3.66. The van der Waals surface area contributed by atoms with E-state index in [9.17, 15) is 0 Å². The van der Waals surface area contributed by atoms with E-state index in [0.29, 0.717) is 6.04 Å². The minimum Gasteiger partial charge on any atom is -0.312 e. The first kappa shape index (κ1) is 13.7. The summed E-state index contributed by atoms with van der Waals surface area (Å²) >= 11 is 4.23. The third kappa shape index (κ3) is 6.75. The zero-order valence-corrected chi connectivity index (χ0v) is 11.9. The van der Waals surface area contributed by atoms with E-state index in [1.54, 1.807) is 0 Å². The fourth-order valence-electron chi connectivity index (χ4n) is 1.68. The first-order chi connectivity index (χ1) is 7.18. The van der Waals surface area contributed by atoms with Crippen LogP contribution in [0.5, 0.6) is 0 Å². The Balaban J connectivity index is 1.95. The molecule has 1 heterocycles. The molecule has 0 aromatic rings. The lowest BCUT2D eigenvalue weighted by molar-refractivity contribution is 0.576. The average Bonchev–Trinajstić information content (AvgIpc) is 2.66. The molecule has 1 fully saturated rings. The van der Waals surface area contributed by atoms with Crippen LogP contribution in [-0.4, -0.2) is 35.1 Å². The van der Waals surface area contributed by atoms with E-state index in [1.807, 2.05) is 0 Å². The molecule has 0 saturated carbocycles. The van der Waals surface area contributed by atoms with Gasteiger partial charge >= 0.3 is 0 Å². The molecule has 1 aliphatic rings. The lowest BCUT2D eigenvalue weighted by Crippen LogP contribution is -2.33. The zero-order chi connectivity index (χ0) is 11.1. The molecule has 1 nitrogen and oxygen atoms in total. The minimum atomic E-state index is 0.676. The van der Waals surface area contributed by atoms with Gasteiger partial charge in [0, 0.05) is 23.6 Å². The first-order valence-electron chi connectivity index (χ1n) is 6.11. The summed E-state index contributed by atoms with van der Waals surface area (Å²) in [6.45, 7) is 8.11. The van der Waals surface area contributed by atoms with E-state index in [0.717, 1.165) is 11.2 Å². The van der Waals surface area contributed by atoms with Crippen molar-refractivity contribution < 1.29 is 0 Å². The summed E-state index contributed by atoms with van der Waals surface area (Å²) < 4.78 is 0. The first-order valence-corrected chi connectivity index (χ1v) is 8.31. The van der Waals surface area contributed by atoms with Gasteiger partial charge in [0.05, 0.1) is 0 Å². The second-order valence-electron chi connectivity index (χ2n) is 4.88. The number of rotatable bonds is 7. The van der Waals surface area contributed by atoms with Crippen LogP contribution in [0.25, 0.3) is 0 Å². The second kappa shape index (κ2) is 7.86. The van der Waals surface area contributed by atoms with Gasteiger partial charge in [0.2, 0.25) is 0 Å². The van der Waals surface area contributed by atoms with Gasteiger partial charge in [-0.3, -0.25) is 0 Å². The van der Waals surface area contributed by atoms with Crippen molar-refractivity contribution in [2.24, 2.45) is 5.92 Å². The molecule has 0 spiro atoms. The number of thioether (sulfide) groups is 2. The van der Waals surface area contributed by atoms with E-state index in [4.69, 9.17) is 0 Å². The molecule has 0 aromatic carbocycles. The van der Waals surface area contributed by atoms with Crippen LogP contribution in [0, 0.1) is 5.92 Å². The van der Waals surface area contributed by atoms with Gasteiger partial charge in [-0.15, -0.1) is 0 Å². The van der Waals surface area contributed by atoms with Crippen molar-refractivity contribution in [3.63, 3.8) is 0 Å². The summed E-state index contributed by atoms with van der Waals surface area (Å²) in [5.41, 5.74) is 0. The van der Waals surface area contributed by atoms with Crippen molar-refractivity contribution in [1.29, 1.82) is 0 Å². The Morgan fingerprint density at radius 3 is 2.73 bits per heavy atom. The summed E-state index contributed by atoms with van der Waals surface area (Å²) in [4.78, 5) is 0. The lowest BCUT2D eigenvalue weighted by atomic mass is 10.2. The molecule has 3 heteroatoms. The lowest BCUT2D eigenvalue weighted by Gasteiger charge is -2.16. The van der Waals surface area contributed by atoms with Gasteiger partial charge in [0.1, 0.15) is 0 Å². The molecule has 0 bridgehead atoms. The van der Waals surface area contributed by atoms with E-state index in [-0.39, 0.29) is 0 Å². The van der Waals surface area contributed by atoms with Crippen molar-refractivity contribution in [2.45, 2.75) is 44.9 Å². The predicted molar refractivity (Wildman–Crippen MR) is 75.1 cm³/mol. The Hall–Kier alpha value is 0.660. The van der Waals surface area contributed by atoms with E-state index in [1.165, 1.54) is 36.6 Å². The third-order valence-electron chi connectivity index (χ3n) is 2.54. The topological polar surface area (TPSA) is 12.0 Å². The molecular weight excluding hydrogens is 222 g/mol. The molecule has 0 radical (unpaired) electrons. The van der Waals surface area contributed by atoms with Gasteiger partial charge < -0.3 is 5.32 Å². The van der Waals surface area contributed by atoms with Crippen molar-refractivity contribution >= 4 is 23.5 Å². The largest absolute Gasteiger partial charge is 0.312 e. The molecule has 1 rings (SSSR count). The van der Waals surface area contributed by atoms with Crippen LogP contribution in [0.15, 0.2) is 0 Å². The molecule has 0 aromatic heterocycles. The van der Waals surface area contributed by atoms with Crippen molar-refractivity contribution in [3.8, 4) is 0 Å². The van der Waals surface area contributed by atoms with Gasteiger partial charge in [-0.2, -0.15) is 23.5 Å². The van der Waals surface area contributed by atoms with Crippen molar-refractivity contribution in [1.82, 2.24) is 5.32 Å². The number of hydrogen-bond donors (Lipinski definition) is 1. The molecule has 90 valence electrons. The highest BCUT2D eigenvalue weighted by molar-refractivity contribution is 8.00. The summed E-state index contributed by atoms with van der Waals surface area (Å²) in [5.74, 6) is 4.76. The Bertz CT molecular complexity index is 156. The summed E-state index contributed by atoms with van der Waals surface area (Å²) in [7, 11) is 0. The molecule has 2 atom stereocenters. The zero-order valence-electron chi connectivity index (χ0n) is 10.3. The van der Waals surface area contributed by atoms with Gasteiger partial charge in [-0.05, 0) is 37.2 Å². The van der Waals surface area contributed by atoms with E-state index >= 15 is 0 Å². The van der Waals surface area contributed by atoms with Gasteiger partial charge in [0.15, 0.2) is 0 Å². The normalized spacial score (nSPS) is 23.6. The fraction of sp³-hybridized carbons (Fsp3) is 1.00. The number of nitrogens with one attached hydrogen (secondary N) is 1. The highest BCUT2D eigenvalue weighted by atomic mass is 32.2. The summed E-state index contributed by atoms with van der Waals surface area (Å²) in [6, 6.07) is 0.676. The molecule has 0 aliphatic carbocycles. The third-order valence-corrected chi connectivity index (χ3v) is 5.57. The highest BCUT2D eigenvalue weighted by Gasteiger charge is 2.15. The molecule has 0 amide bonds. The molecule has 1 N–H and O–H groups in total. The second-order valence-corrected chi connectivity index (χ2v) is 7.36. The van der Waals surface area contributed by atoms with Crippen LogP contribution in [0.2, 0.25) is 0 Å². The highest BCUT2D eigenvalue weighted by Crippen LogP contribution is 2.25. The molecule has 15 heavy (non-hydrogen) atoms. The SMILES string of the molecule is CC(C)CSCC(C)NCC1CCCS1. The number of hydrogen-bond acceptors (Lipinski definition) is 3. The minimum absolute atomic E-state index is 0.676. The van der Waals surface area contributed by atoms with Gasteiger partial charge in [0.25, 0.3) is 0 Å². The van der Waals surface area contributed by atoms with Crippen molar-refractivity contribution in [2.75, 3.05) is 23.8 Å². The molecule has 1 saturated heterocycles. The van der Waals surface area contributed by atoms with Gasteiger partial charge in [-0.25, -0.2) is 0 Å². The molecule has 2 unspecified atom stereocenters. The molecule has 1 aliphatic heterocycles. The standard InChI is InChI=1S/C12H25NS2/c1-10(2)8-14-9-11(3)13-7-12-5-4-6-15-12/h10-13H,4-9H2,1-3H3. The Kier molecular flexibility index (Phi) is 7.19. The van der Waals surface area contributed by atoms with Crippen LogP contribution >= 0.6 is 23.5 Å². The average molecular weight is 247 g/mol. The maximum Gasteiger partial charge on any atom is 0.0172 e. The van der Waals surface area contributed by atoms with Crippen LogP contribution < -0.4 is 5.32 Å². The van der Waals surface area contributed by atoms with Crippen LogP contribution in [0.3, 0.4) is 0 Å². The summed E-state index contributed by atoms with van der Waals surface area (Å²) in [6.07, 6.45) is 2.84. The quantitative estimate of drug-likeness (QED) is 0.742. The van der Waals surface area contributed by atoms with E-state index < -0.39 is 0 Å². The fourth-order valence-corrected chi connectivity index (χ4v) is 3.97. The smallest absolute Gasteiger partial charge is 0.0172 e. The van der Waals surface area contributed by atoms with Crippen molar-refractivity contribution in [3.05, 3.63) is 0 Å². The molecular formula is C12H25NS2. The maximum atomic E-state index is 3.66. The van der Waals surface area contributed by atoms with E-state index in [2.05, 4.69) is 49.6 Å². The Morgan fingerprint density at radius 1 is 1.33 bits per heavy atom. The van der Waals surface area contributed by atoms with Crippen LogP contribution in [0.4, 0.5) is 0 Å². The van der Waals surface area contributed by atoms with Gasteiger partial charge in [-0.1, -0.05) is 13.8 Å². The Morgan fingerprint density at radius 2 is 2.13 bits per heavy atom. The predicted octanol–water partition coefficient (Wildman–Crippen LogP) is 3.25. The Labute approximate surface area is 104 Å². The monoisotopic (exact) mass is 247 g/mol. The van der Waals surface area contributed by atoms with Crippen LogP contribution in [-0.2, 0) is 0 Å². The van der Waals surface area contributed by atoms with Crippen LogP contribution in [0.1, 0.15) is 33.6 Å².